The van der Waals surface area contributed by atoms with Crippen LogP contribution in [0.1, 0.15) is 69.3 Å². The Hall–Kier alpha value is -3.61. The highest BCUT2D eigenvalue weighted by atomic mass is 32.2. The molecular formula is C35H46F3N3O5S. The fraction of sp³-hybridized carbons (Fsp3) is 0.457. The van der Waals surface area contributed by atoms with E-state index in [0.717, 1.165) is 11.8 Å². The lowest BCUT2D eigenvalue weighted by atomic mass is 9.93. The number of halogens is 3. The number of carbonyl (C=O) groups excluding carboxylic acids is 1. The van der Waals surface area contributed by atoms with E-state index in [9.17, 15) is 26.4 Å². The van der Waals surface area contributed by atoms with Crippen LogP contribution in [-0.4, -0.2) is 51.2 Å². The van der Waals surface area contributed by atoms with E-state index in [1.54, 1.807) is 57.2 Å². The highest BCUT2D eigenvalue weighted by Gasteiger charge is 2.40. The second-order valence-corrected chi connectivity index (χ2v) is 14.9. The number of anilines is 1. The number of alkyl carbamates (subject to hydrolysis) is 1. The van der Waals surface area contributed by atoms with E-state index in [4.69, 9.17) is 9.47 Å². The zero-order chi connectivity index (χ0) is 34.9. The fourth-order valence-corrected chi connectivity index (χ4v) is 6.17. The molecule has 258 valence electrons. The minimum absolute atomic E-state index is 0.00628. The van der Waals surface area contributed by atoms with Gasteiger partial charge in [-0.3, -0.25) is 9.62 Å². The second kappa shape index (κ2) is 16.0. The van der Waals surface area contributed by atoms with E-state index in [-0.39, 0.29) is 31.9 Å². The van der Waals surface area contributed by atoms with Crippen LogP contribution in [0.3, 0.4) is 0 Å². The van der Waals surface area contributed by atoms with Crippen LogP contribution in [0.4, 0.5) is 23.7 Å². The molecule has 3 aromatic carbocycles. The first-order valence-corrected chi connectivity index (χ1v) is 17.3. The van der Waals surface area contributed by atoms with Gasteiger partial charge in [0.05, 0.1) is 30.7 Å². The predicted octanol–water partition coefficient (Wildman–Crippen LogP) is 7.30. The summed E-state index contributed by atoms with van der Waals surface area (Å²) < 4.78 is 80.5. The molecule has 1 amide bonds. The summed E-state index contributed by atoms with van der Waals surface area (Å²) in [6.07, 6.45) is -3.11. The summed E-state index contributed by atoms with van der Waals surface area (Å²) in [5.74, 6) is 0. The molecular weight excluding hydrogens is 631 g/mol. The summed E-state index contributed by atoms with van der Waals surface area (Å²) >= 11 is 0. The monoisotopic (exact) mass is 677 g/mol. The molecule has 0 radical (unpaired) electrons. The average Bonchev–Trinajstić information content (AvgIpc) is 2.94. The summed E-state index contributed by atoms with van der Waals surface area (Å²) in [7, 11) is -3.69. The lowest BCUT2D eigenvalue weighted by Gasteiger charge is -2.32. The molecule has 12 heteroatoms. The Morgan fingerprint density at radius 2 is 1.49 bits per heavy atom. The molecule has 0 saturated heterocycles. The molecule has 3 aromatic rings. The molecule has 2 N–H and O–H groups in total. The van der Waals surface area contributed by atoms with E-state index >= 15 is 0 Å². The first-order chi connectivity index (χ1) is 21.9. The maximum Gasteiger partial charge on any atom is 0.408 e. The standard InChI is InChI=1S/C35H46F3N3O5S/c1-7-18-41(47(6,43)44)30-20-27(23-39-31(35(36,37)38)29-16-12-9-13-17-29)19-28(21-30)24-45-25-34(5,22-26-14-10-8-11-15-26)40-32(42)46-33(2,3)4/h8-17,19-21,31,39H,7,18,22-25H2,1-6H3,(H,40,42). The molecule has 0 aliphatic carbocycles. The van der Waals surface area contributed by atoms with Crippen molar-refractivity contribution >= 4 is 21.8 Å². The van der Waals surface area contributed by atoms with Crippen molar-refractivity contribution in [1.82, 2.24) is 10.6 Å². The summed E-state index contributed by atoms with van der Waals surface area (Å²) in [6.45, 7) is 9.07. The second-order valence-electron chi connectivity index (χ2n) is 13.0. The summed E-state index contributed by atoms with van der Waals surface area (Å²) in [5, 5.41) is 5.54. The largest absolute Gasteiger partial charge is 0.444 e. The fourth-order valence-electron chi connectivity index (χ4n) is 5.17. The van der Waals surface area contributed by atoms with Crippen LogP contribution in [0, 0.1) is 0 Å². The van der Waals surface area contributed by atoms with Gasteiger partial charge in [0.1, 0.15) is 11.6 Å². The van der Waals surface area contributed by atoms with Crippen LogP contribution >= 0.6 is 0 Å². The van der Waals surface area contributed by atoms with E-state index < -0.39 is 39.5 Å². The van der Waals surface area contributed by atoms with Gasteiger partial charge in [-0.15, -0.1) is 0 Å². The maximum absolute atomic E-state index is 14.1. The molecule has 0 aliphatic heterocycles. The van der Waals surface area contributed by atoms with E-state index in [0.29, 0.717) is 29.7 Å². The lowest BCUT2D eigenvalue weighted by molar-refractivity contribution is -0.158. The molecule has 0 spiro atoms. The normalized spacial score (nSPS) is 14.2. The topological polar surface area (TPSA) is 97.0 Å². The molecule has 0 fully saturated rings. The molecule has 0 bridgehead atoms. The minimum atomic E-state index is -4.56. The molecule has 0 aromatic heterocycles. The summed E-state index contributed by atoms with van der Waals surface area (Å²) in [4.78, 5) is 12.8. The average molecular weight is 678 g/mol. The highest BCUT2D eigenvalue weighted by Crippen LogP contribution is 2.33. The van der Waals surface area contributed by atoms with Gasteiger partial charge in [0.2, 0.25) is 10.0 Å². The lowest BCUT2D eigenvalue weighted by Crippen LogP contribution is -2.52. The van der Waals surface area contributed by atoms with Crippen molar-refractivity contribution in [2.24, 2.45) is 0 Å². The smallest absolute Gasteiger partial charge is 0.408 e. The quantitative estimate of drug-likeness (QED) is 0.175. The third-order valence-electron chi connectivity index (χ3n) is 7.05. The summed E-state index contributed by atoms with van der Waals surface area (Å²) in [5.41, 5.74) is 0.780. The van der Waals surface area contributed by atoms with Gasteiger partial charge in [-0.05, 0) is 74.9 Å². The zero-order valence-corrected chi connectivity index (χ0v) is 28.7. The van der Waals surface area contributed by atoms with Gasteiger partial charge in [0.25, 0.3) is 0 Å². The Bertz CT molecular complexity index is 1550. The molecule has 8 nitrogen and oxygen atoms in total. The number of amides is 1. The van der Waals surface area contributed by atoms with Gasteiger partial charge in [-0.1, -0.05) is 73.7 Å². The third kappa shape index (κ3) is 12.5. The van der Waals surface area contributed by atoms with Gasteiger partial charge in [-0.25, -0.2) is 13.2 Å². The Balaban J connectivity index is 1.90. The number of benzene rings is 3. The van der Waals surface area contributed by atoms with Crippen LogP contribution < -0.4 is 14.9 Å². The van der Waals surface area contributed by atoms with Gasteiger partial charge in [-0.2, -0.15) is 13.2 Å². The molecule has 2 atom stereocenters. The first-order valence-electron chi connectivity index (χ1n) is 15.5. The van der Waals surface area contributed by atoms with Crippen molar-refractivity contribution in [1.29, 1.82) is 0 Å². The number of ether oxygens (including phenoxy) is 2. The third-order valence-corrected chi connectivity index (χ3v) is 8.25. The molecule has 3 rings (SSSR count). The van der Waals surface area contributed by atoms with Crippen molar-refractivity contribution in [3.63, 3.8) is 0 Å². The Morgan fingerprint density at radius 1 is 0.894 bits per heavy atom. The molecule has 47 heavy (non-hydrogen) atoms. The Labute approximate surface area is 276 Å². The van der Waals surface area contributed by atoms with Crippen molar-refractivity contribution in [2.75, 3.05) is 23.7 Å². The highest BCUT2D eigenvalue weighted by molar-refractivity contribution is 7.92. The maximum atomic E-state index is 14.1. The van der Waals surface area contributed by atoms with Crippen LogP contribution in [0.25, 0.3) is 0 Å². The van der Waals surface area contributed by atoms with Gasteiger partial charge < -0.3 is 14.8 Å². The van der Waals surface area contributed by atoms with Gasteiger partial charge >= 0.3 is 12.3 Å². The number of hydrogen-bond acceptors (Lipinski definition) is 6. The minimum Gasteiger partial charge on any atom is -0.444 e. The number of alkyl halides is 3. The van der Waals surface area contributed by atoms with Crippen LogP contribution in [-0.2, 0) is 39.1 Å². The molecule has 2 unspecified atom stereocenters. The first kappa shape index (κ1) is 37.8. The van der Waals surface area contributed by atoms with Crippen molar-refractivity contribution in [3.05, 3.63) is 101 Å². The SMILES string of the molecule is CCCN(c1cc(CNC(c2ccccc2)C(F)(F)F)cc(COCC(C)(Cc2ccccc2)NC(=O)OC(C)(C)C)c1)S(C)(=O)=O. The number of nitrogens with one attached hydrogen (secondary N) is 2. The Morgan fingerprint density at radius 3 is 2.04 bits per heavy atom. The van der Waals surface area contributed by atoms with Gasteiger partial charge in [0, 0.05) is 13.1 Å². The molecule has 0 heterocycles. The summed E-state index contributed by atoms with van der Waals surface area (Å²) in [6, 6.07) is 20.1. The van der Waals surface area contributed by atoms with E-state index in [2.05, 4.69) is 10.6 Å². The van der Waals surface area contributed by atoms with E-state index in [1.807, 2.05) is 44.2 Å². The molecule has 0 aliphatic rings. The number of hydrogen-bond donors (Lipinski definition) is 2. The number of carbonyl (C=O) groups is 1. The zero-order valence-electron chi connectivity index (χ0n) is 27.9. The van der Waals surface area contributed by atoms with Gasteiger partial charge in [0.15, 0.2) is 0 Å². The number of rotatable bonds is 15. The van der Waals surface area contributed by atoms with Crippen LogP contribution in [0.15, 0.2) is 78.9 Å². The van der Waals surface area contributed by atoms with Crippen LogP contribution in [0.2, 0.25) is 0 Å². The van der Waals surface area contributed by atoms with Crippen LogP contribution in [0.5, 0.6) is 0 Å². The number of sulfonamides is 1. The van der Waals surface area contributed by atoms with Crippen molar-refractivity contribution in [2.45, 2.75) is 84.0 Å². The Kier molecular flexibility index (Phi) is 12.9. The van der Waals surface area contributed by atoms with Crippen molar-refractivity contribution in [3.8, 4) is 0 Å². The predicted molar refractivity (Wildman–Crippen MR) is 179 cm³/mol. The number of nitrogens with zero attached hydrogens (tertiary/aromatic N) is 1. The van der Waals surface area contributed by atoms with Crippen molar-refractivity contribution < 1.29 is 35.9 Å². The molecule has 0 saturated carbocycles. The van der Waals surface area contributed by atoms with E-state index in [1.165, 1.54) is 16.4 Å².